The van der Waals surface area contributed by atoms with Crippen molar-refractivity contribution in [1.29, 1.82) is 0 Å². The fourth-order valence-corrected chi connectivity index (χ4v) is 4.80. The highest BCUT2D eigenvalue weighted by Crippen LogP contribution is 2.39. The number of nitrogens with one attached hydrogen (secondary N) is 1. The highest BCUT2D eigenvalue weighted by Gasteiger charge is 2.35. The van der Waals surface area contributed by atoms with Gasteiger partial charge in [-0.1, -0.05) is 18.2 Å². The number of hydrogen-bond donors (Lipinski definition) is 1. The summed E-state index contributed by atoms with van der Waals surface area (Å²) < 4.78 is 48.5. The quantitative estimate of drug-likeness (QED) is 0.737. The lowest BCUT2D eigenvalue weighted by molar-refractivity contribution is -0.275. The Morgan fingerprint density at radius 3 is 2.50 bits per heavy atom. The van der Waals surface area contributed by atoms with Crippen LogP contribution in [0.4, 0.5) is 13.2 Å². The third-order valence-electron chi connectivity index (χ3n) is 6.32. The molecule has 1 saturated heterocycles. The van der Waals surface area contributed by atoms with Crippen LogP contribution in [0.5, 0.6) is 5.75 Å². The van der Waals surface area contributed by atoms with Crippen molar-refractivity contribution in [2.24, 2.45) is 0 Å². The van der Waals surface area contributed by atoms with Gasteiger partial charge in [0.2, 0.25) is 5.91 Å². The zero-order valence-electron chi connectivity index (χ0n) is 17.6. The number of alkyl halides is 3. The van der Waals surface area contributed by atoms with Crippen molar-refractivity contribution in [3.63, 3.8) is 0 Å². The van der Waals surface area contributed by atoms with Gasteiger partial charge in [0, 0.05) is 19.5 Å². The number of halogens is 3. The third-order valence-corrected chi connectivity index (χ3v) is 6.32. The summed E-state index contributed by atoms with van der Waals surface area (Å²) in [6, 6.07) is 6.63. The fourth-order valence-electron chi connectivity index (χ4n) is 4.80. The third kappa shape index (κ3) is 5.88. The van der Waals surface area contributed by atoms with Crippen molar-refractivity contribution >= 4 is 5.91 Å². The van der Waals surface area contributed by atoms with Gasteiger partial charge in [-0.25, -0.2) is 0 Å². The van der Waals surface area contributed by atoms with Crippen molar-refractivity contribution in [2.75, 3.05) is 20.2 Å². The Morgan fingerprint density at radius 2 is 1.87 bits per heavy atom. The topological polar surface area (TPSA) is 50.8 Å². The number of likely N-dealkylation sites (tertiary alicyclic amines) is 1. The normalized spacial score (nSPS) is 27.7. The molecule has 1 aromatic carbocycles. The van der Waals surface area contributed by atoms with E-state index in [1.165, 1.54) is 6.07 Å². The summed E-state index contributed by atoms with van der Waals surface area (Å²) in [5, 5.41) is 3.30. The highest BCUT2D eigenvalue weighted by atomic mass is 19.4. The van der Waals surface area contributed by atoms with E-state index in [4.69, 9.17) is 4.74 Å². The summed E-state index contributed by atoms with van der Waals surface area (Å²) in [6.07, 6.45) is 0.416. The van der Waals surface area contributed by atoms with Crippen LogP contribution in [-0.2, 0) is 9.53 Å². The minimum Gasteiger partial charge on any atom is -0.405 e. The zero-order chi connectivity index (χ0) is 21.7. The zero-order valence-corrected chi connectivity index (χ0v) is 17.6. The second-order valence-corrected chi connectivity index (χ2v) is 8.21. The van der Waals surface area contributed by atoms with E-state index in [1.807, 2.05) is 11.9 Å². The van der Waals surface area contributed by atoms with E-state index in [9.17, 15) is 18.0 Å². The van der Waals surface area contributed by atoms with Crippen molar-refractivity contribution < 1.29 is 27.4 Å². The molecule has 0 aromatic heterocycles. The lowest BCUT2D eigenvalue weighted by atomic mass is 9.82. The number of ether oxygens (including phenoxy) is 2. The molecule has 2 aliphatic rings. The molecular formula is C22H31F3N2O3. The molecule has 1 N–H and O–H groups in total. The van der Waals surface area contributed by atoms with Gasteiger partial charge in [0.1, 0.15) is 5.75 Å². The van der Waals surface area contributed by atoms with Gasteiger partial charge < -0.3 is 19.7 Å². The number of piperidine rings is 1. The van der Waals surface area contributed by atoms with Gasteiger partial charge in [-0.05, 0) is 63.1 Å². The number of likely N-dealkylation sites (N-methyl/N-ethyl adjacent to an activating group) is 1. The summed E-state index contributed by atoms with van der Waals surface area (Å²) >= 11 is 0. The molecule has 3 rings (SSSR count). The molecule has 168 valence electrons. The maximum Gasteiger partial charge on any atom is 0.573 e. The Bertz CT molecular complexity index is 705. The molecule has 5 nitrogen and oxygen atoms in total. The van der Waals surface area contributed by atoms with E-state index in [0.717, 1.165) is 45.1 Å². The largest absolute Gasteiger partial charge is 0.573 e. The molecule has 1 heterocycles. The first-order valence-electron chi connectivity index (χ1n) is 10.7. The van der Waals surface area contributed by atoms with E-state index in [1.54, 1.807) is 25.1 Å². The Kier molecular flexibility index (Phi) is 7.63. The van der Waals surface area contributed by atoms with Gasteiger partial charge in [-0.15, -0.1) is 13.2 Å². The SMILES string of the molecule is CNC1CCCN(C(C)=O)[C@H]1CO[C@H]1CC[C@@H](c2ccccc2OC(F)(F)F)CC1. The number of carbonyl (C=O) groups is 1. The number of benzene rings is 1. The van der Waals surface area contributed by atoms with Crippen LogP contribution in [0, 0.1) is 0 Å². The minimum atomic E-state index is -4.69. The average molecular weight is 428 g/mol. The fraction of sp³-hybridized carbons (Fsp3) is 0.682. The van der Waals surface area contributed by atoms with Gasteiger partial charge in [0.15, 0.2) is 0 Å². The second kappa shape index (κ2) is 10.0. The molecule has 2 atom stereocenters. The molecule has 1 aromatic rings. The van der Waals surface area contributed by atoms with E-state index >= 15 is 0 Å². The van der Waals surface area contributed by atoms with Crippen molar-refractivity contribution in [2.45, 2.75) is 75.9 Å². The summed E-state index contributed by atoms with van der Waals surface area (Å²) in [5.41, 5.74) is 0.610. The predicted octanol–water partition coefficient (Wildman–Crippen LogP) is 4.23. The number of hydrogen-bond acceptors (Lipinski definition) is 4. The molecule has 30 heavy (non-hydrogen) atoms. The molecule has 0 bridgehead atoms. The predicted molar refractivity (Wildman–Crippen MR) is 107 cm³/mol. The summed E-state index contributed by atoms with van der Waals surface area (Å²) in [7, 11) is 1.91. The first-order valence-corrected chi connectivity index (χ1v) is 10.7. The standard InChI is InChI=1S/C22H31F3N2O3/c1-15(28)27-13-5-7-19(26-2)20(27)14-29-17-11-9-16(10-12-17)18-6-3-4-8-21(18)30-22(23,24)25/h3-4,6,8,16-17,19-20,26H,5,7,9-14H2,1-2H3/t16-,17+,19?,20-/m0/s1. The Balaban J connectivity index is 1.55. The smallest absolute Gasteiger partial charge is 0.405 e. The molecule has 8 heteroatoms. The lowest BCUT2D eigenvalue weighted by Gasteiger charge is -2.41. The van der Waals surface area contributed by atoms with E-state index in [0.29, 0.717) is 12.2 Å². The first-order chi connectivity index (χ1) is 14.3. The van der Waals surface area contributed by atoms with E-state index in [-0.39, 0.29) is 35.8 Å². The van der Waals surface area contributed by atoms with Gasteiger partial charge >= 0.3 is 6.36 Å². The van der Waals surface area contributed by atoms with Crippen LogP contribution in [0.1, 0.15) is 56.9 Å². The molecule has 1 aliphatic carbocycles. The van der Waals surface area contributed by atoms with E-state index in [2.05, 4.69) is 10.1 Å². The maximum absolute atomic E-state index is 12.7. The summed E-state index contributed by atoms with van der Waals surface area (Å²) in [6.45, 7) is 2.83. The van der Waals surface area contributed by atoms with Gasteiger partial charge in [0.05, 0.1) is 18.8 Å². The van der Waals surface area contributed by atoms with Crippen molar-refractivity contribution in [3.8, 4) is 5.75 Å². The minimum absolute atomic E-state index is 0.0138. The highest BCUT2D eigenvalue weighted by molar-refractivity contribution is 5.73. The monoisotopic (exact) mass is 428 g/mol. The molecule has 1 saturated carbocycles. The van der Waals surface area contributed by atoms with Crippen LogP contribution in [0.2, 0.25) is 0 Å². The van der Waals surface area contributed by atoms with E-state index < -0.39 is 6.36 Å². The number of para-hydroxylation sites is 1. The summed E-state index contributed by atoms with van der Waals surface area (Å²) in [4.78, 5) is 13.9. The molecule has 1 unspecified atom stereocenters. The Hall–Kier alpha value is -1.80. The molecular weight excluding hydrogens is 397 g/mol. The maximum atomic E-state index is 12.7. The molecule has 1 amide bonds. The molecule has 0 radical (unpaired) electrons. The Morgan fingerprint density at radius 1 is 1.17 bits per heavy atom. The van der Waals surface area contributed by atoms with Gasteiger partial charge in [0.25, 0.3) is 0 Å². The van der Waals surface area contributed by atoms with Crippen LogP contribution < -0.4 is 10.1 Å². The number of amides is 1. The number of rotatable bonds is 6. The lowest BCUT2D eigenvalue weighted by Crippen LogP contribution is -2.57. The van der Waals surface area contributed by atoms with Crippen LogP contribution >= 0.6 is 0 Å². The summed E-state index contributed by atoms with van der Waals surface area (Å²) in [5.74, 6) is -0.0177. The van der Waals surface area contributed by atoms with Gasteiger partial charge in [-0.2, -0.15) is 0 Å². The number of carbonyl (C=O) groups excluding carboxylic acids is 1. The molecule has 2 fully saturated rings. The molecule has 0 spiro atoms. The van der Waals surface area contributed by atoms with Crippen LogP contribution in [0.3, 0.4) is 0 Å². The second-order valence-electron chi connectivity index (χ2n) is 8.21. The van der Waals surface area contributed by atoms with Crippen molar-refractivity contribution in [1.82, 2.24) is 10.2 Å². The first kappa shape index (κ1) is 22.9. The van der Waals surface area contributed by atoms with Gasteiger partial charge in [-0.3, -0.25) is 4.79 Å². The molecule has 1 aliphatic heterocycles. The van der Waals surface area contributed by atoms with Crippen molar-refractivity contribution in [3.05, 3.63) is 29.8 Å². The van der Waals surface area contributed by atoms with Crippen LogP contribution in [0.25, 0.3) is 0 Å². The van der Waals surface area contributed by atoms with Crippen LogP contribution in [-0.4, -0.2) is 55.6 Å². The Labute approximate surface area is 175 Å². The average Bonchev–Trinajstić information content (AvgIpc) is 2.71. The number of nitrogens with zero attached hydrogens (tertiary/aromatic N) is 1. The van der Waals surface area contributed by atoms with Crippen LogP contribution in [0.15, 0.2) is 24.3 Å².